The maximum absolute atomic E-state index is 11.2. The molecular weight excluding hydrogens is 264 g/mol. The molecule has 1 aliphatic rings. The summed E-state index contributed by atoms with van der Waals surface area (Å²) in [4.78, 5) is 11.2. The van der Waals surface area contributed by atoms with Crippen LogP contribution in [0.15, 0.2) is 36.5 Å². The van der Waals surface area contributed by atoms with Gasteiger partial charge in [0.15, 0.2) is 0 Å². The normalized spacial score (nSPS) is 15.2. The number of aromatic nitrogens is 2. The average molecular weight is 284 g/mol. The molecule has 0 bridgehead atoms. The third-order valence-electron chi connectivity index (χ3n) is 3.98. The van der Waals surface area contributed by atoms with Gasteiger partial charge in [-0.3, -0.25) is 9.48 Å². The Labute approximate surface area is 124 Å². The number of hydrogen-bond donors (Lipinski definition) is 2. The van der Waals surface area contributed by atoms with E-state index in [1.807, 2.05) is 18.2 Å². The van der Waals surface area contributed by atoms with Crippen LogP contribution in [0.5, 0.6) is 0 Å². The number of benzene rings is 1. The van der Waals surface area contributed by atoms with Crippen molar-refractivity contribution < 1.29 is 4.79 Å². The van der Waals surface area contributed by atoms with Gasteiger partial charge in [0.25, 0.3) is 0 Å². The zero-order chi connectivity index (χ0) is 14.7. The van der Waals surface area contributed by atoms with Gasteiger partial charge in [0.2, 0.25) is 5.91 Å². The van der Waals surface area contributed by atoms with E-state index in [1.54, 1.807) is 12.1 Å². The van der Waals surface area contributed by atoms with Crippen LogP contribution in [0.4, 0.5) is 5.69 Å². The summed E-state index contributed by atoms with van der Waals surface area (Å²) in [5, 5.41) is 7.90. The van der Waals surface area contributed by atoms with Crippen molar-refractivity contribution in [3.63, 3.8) is 0 Å². The average Bonchev–Trinajstić information content (AvgIpc) is 3.16. The van der Waals surface area contributed by atoms with E-state index in [-0.39, 0.29) is 0 Å². The van der Waals surface area contributed by atoms with Crippen LogP contribution in [-0.4, -0.2) is 15.7 Å². The van der Waals surface area contributed by atoms with Gasteiger partial charge >= 0.3 is 0 Å². The Balaban J connectivity index is 1.62. The minimum absolute atomic E-state index is 0.413. The van der Waals surface area contributed by atoms with E-state index in [4.69, 9.17) is 5.73 Å². The standard InChI is InChI=1S/C16H20N4O/c17-16(21)12-4-3-5-13(10-12)18-11-14-8-9-20(19-14)15-6-1-2-7-15/h3-5,8-10,15,18H,1-2,6-7,11H2,(H2,17,21). The molecule has 1 aromatic heterocycles. The van der Waals surface area contributed by atoms with Gasteiger partial charge in [0.05, 0.1) is 18.3 Å². The number of rotatable bonds is 5. The van der Waals surface area contributed by atoms with Gasteiger partial charge < -0.3 is 11.1 Å². The summed E-state index contributed by atoms with van der Waals surface area (Å²) in [7, 11) is 0. The van der Waals surface area contributed by atoms with E-state index in [1.165, 1.54) is 25.7 Å². The number of primary amides is 1. The number of nitrogens with zero attached hydrogens (tertiary/aromatic N) is 2. The van der Waals surface area contributed by atoms with Crippen LogP contribution >= 0.6 is 0 Å². The maximum Gasteiger partial charge on any atom is 0.248 e. The zero-order valence-electron chi connectivity index (χ0n) is 12.0. The molecule has 0 unspecified atom stereocenters. The molecule has 21 heavy (non-hydrogen) atoms. The van der Waals surface area contributed by atoms with Crippen LogP contribution in [0, 0.1) is 0 Å². The van der Waals surface area contributed by atoms with Crippen molar-refractivity contribution in [1.29, 1.82) is 0 Å². The van der Waals surface area contributed by atoms with Gasteiger partial charge in [0.1, 0.15) is 0 Å². The molecule has 1 amide bonds. The molecule has 0 radical (unpaired) electrons. The van der Waals surface area contributed by atoms with Crippen molar-refractivity contribution in [2.45, 2.75) is 38.3 Å². The van der Waals surface area contributed by atoms with E-state index in [9.17, 15) is 4.79 Å². The number of nitrogens with two attached hydrogens (primary N) is 1. The first-order valence-corrected chi connectivity index (χ1v) is 7.40. The number of hydrogen-bond acceptors (Lipinski definition) is 3. The molecule has 2 aromatic rings. The first-order valence-electron chi connectivity index (χ1n) is 7.40. The lowest BCUT2D eigenvalue weighted by molar-refractivity contribution is 0.100. The topological polar surface area (TPSA) is 72.9 Å². The van der Waals surface area contributed by atoms with Crippen LogP contribution in [0.25, 0.3) is 0 Å². The molecule has 110 valence electrons. The minimum atomic E-state index is -0.413. The number of amides is 1. The second-order valence-electron chi connectivity index (χ2n) is 5.52. The molecule has 1 aromatic carbocycles. The highest BCUT2D eigenvalue weighted by Gasteiger charge is 2.17. The number of nitrogens with one attached hydrogen (secondary N) is 1. The van der Waals surface area contributed by atoms with Gasteiger partial charge in [-0.15, -0.1) is 0 Å². The summed E-state index contributed by atoms with van der Waals surface area (Å²) in [6, 6.07) is 9.82. The molecule has 3 rings (SSSR count). The molecule has 5 nitrogen and oxygen atoms in total. The van der Waals surface area contributed by atoms with E-state index in [0.29, 0.717) is 18.2 Å². The Bertz CT molecular complexity index is 629. The van der Waals surface area contributed by atoms with Crippen LogP contribution in [0.1, 0.15) is 47.8 Å². The molecule has 1 aliphatic carbocycles. The molecule has 3 N–H and O–H groups in total. The lowest BCUT2D eigenvalue weighted by Crippen LogP contribution is -2.11. The number of carbonyl (C=O) groups excluding carboxylic acids is 1. The molecule has 0 saturated heterocycles. The molecule has 1 heterocycles. The fraction of sp³-hybridized carbons (Fsp3) is 0.375. The molecule has 1 fully saturated rings. The molecule has 0 atom stereocenters. The smallest absolute Gasteiger partial charge is 0.248 e. The highest BCUT2D eigenvalue weighted by atomic mass is 16.1. The molecule has 0 aliphatic heterocycles. The van der Waals surface area contributed by atoms with Crippen LogP contribution < -0.4 is 11.1 Å². The van der Waals surface area contributed by atoms with E-state index < -0.39 is 5.91 Å². The number of anilines is 1. The Morgan fingerprint density at radius 2 is 2.14 bits per heavy atom. The summed E-state index contributed by atoms with van der Waals surface area (Å²) in [6.07, 6.45) is 7.13. The SMILES string of the molecule is NC(=O)c1cccc(NCc2ccn(C3CCCC3)n2)c1. The van der Waals surface area contributed by atoms with E-state index >= 15 is 0 Å². The van der Waals surface area contributed by atoms with Gasteiger partial charge in [-0.25, -0.2) is 0 Å². The predicted octanol–water partition coefficient (Wildman–Crippen LogP) is 2.71. The van der Waals surface area contributed by atoms with E-state index in [2.05, 4.69) is 21.3 Å². The van der Waals surface area contributed by atoms with Crippen LogP contribution in [0.2, 0.25) is 0 Å². The molecule has 5 heteroatoms. The summed E-state index contributed by atoms with van der Waals surface area (Å²) in [5.74, 6) is -0.413. The summed E-state index contributed by atoms with van der Waals surface area (Å²) < 4.78 is 2.09. The maximum atomic E-state index is 11.2. The second kappa shape index (κ2) is 5.99. The highest BCUT2D eigenvalue weighted by Crippen LogP contribution is 2.28. The van der Waals surface area contributed by atoms with Gasteiger partial charge in [-0.1, -0.05) is 18.9 Å². The monoisotopic (exact) mass is 284 g/mol. The van der Waals surface area contributed by atoms with Crippen LogP contribution in [0.3, 0.4) is 0 Å². The summed E-state index contributed by atoms with van der Waals surface area (Å²) >= 11 is 0. The summed E-state index contributed by atoms with van der Waals surface area (Å²) in [6.45, 7) is 0.641. The first kappa shape index (κ1) is 13.7. The first-order chi connectivity index (χ1) is 10.2. The van der Waals surface area contributed by atoms with Crippen molar-refractivity contribution in [1.82, 2.24) is 9.78 Å². The van der Waals surface area contributed by atoms with Gasteiger partial charge in [-0.05, 0) is 37.1 Å². The van der Waals surface area contributed by atoms with Crippen molar-refractivity contribution in [2.24, 2.45) is 5.73 Å². The van der Waals surface area contributed by atoms with Crippen molar-refractivity contribution in [3.05, 3.63) is 47.8 Å². The Kier molecular flexibility index (Phi) is 3.90. The lowest BCUT2D eigenvalue weighted by Gasteiger charge is -2.09. The quantitative estimate of drug-likeness (QED) is 0.886. The Hall–Kier alpha value is -2.30. The van der Waals surface area contributed by atoms with Gasteiger partial charge in [0, 0.05) is 17.4 Å². The summed E-state index contributed by atoms with van der Waals surface area (Å²) in [5.41, 5.74) is 7.67. The molecule has 1 saturated carbocycles. The minimum Gasteiger partial charge on any atom is -0.379 e. The fourth-order valence-corrected chi connectivity index (χ4v) is 2.82. The third kappa shape index (κ3) is 3.24. The van der Waals surface area contributed by atoms with E-state index in [0.717, 1.165) is 11.4 Å². The Morgan fingerprint density at radius 1 is 1.33 bits per heavy atom. The number of carbonyl (C=O) groups is 1. The largest absolute Gasteiger partial charge is 0.379 e. The molecule has 0 spiro atoms. The van der Waals surface area contributed by atoms with Crippen molar-refractivity contribution in [3.8, 4) is 0 Å². The highest BCUT2D eigenvalue weighted by molar-refractivity contribution is 5.93. The van der Waals surface area contributed by atoms with Crippen LogP contribution in [-0.2, 0) is 6.54 Å². The fourth-order valence-electron chi connectivity index (χ4n) is 2.82. The Morgan fingerprint density at radius 3 is 2.90 bits per heavy atom. The van der Waals surface area contributed by atoms with Crippen molar-refractivity contribution in [2.75, 3.05) is 5.32 Å². The zero-order valence-corrected chi connectivity index (χ0v) is 12.0. The molecular formula is C16H20N4O. The lowest BCUT2D eigenvalue weighted by atomic mass is 10.2. The second-order valence-corrected chi connectivity index (χ2v) is 5.52. The third-order valence-corrected chi connectivity index (χ3v) is 3.98. The van der Waals surface area contributed by atoms with Gasteiger partial charge in [-0.2, -0.15) is 5.10 Å². The van der Waals surface area contributed by atoms with Crippen molar-refractivity contribution >= 4 is 11.6 Å². The predicted molar refractivity (Wildman–Crippen MR) is 82.0 cm³/mol.